The van der Waals surface area contributed by atoms with E-state index in [1.165, 1.54) is 0 Å². The lowest BCUT2D eigenvalue weighted by Gasteiger charge is -2.02. The van der Waals surface area contributed by atoms with Crippen LogP contribution in [0.1, 0.15) is 36.5 Å². The maximum absolute atomic E-state index is 11.5. The molecule has 0 aliphatic carbocycles. The van der Waals surface area contributed by atoms with Crippen LogP contribution in [0.2, 0.25) is 0 Å². The Morgan fingerprint density at radius 3 is 2.83 bits per heavy atom. The summed E-state index contributed by atoms with van der Waals surface area (Å²) in [4.78, 5) is 11.5. The number of carbonyl (C=O) groups is 1. The number of allylic oxidation sites excluding steroid dienone is 2. The zero-order valence-electron chi connectivity index (χ0n) is 10.7. The van der Waals surface area contributed by atoms with Crippen molar-refractivity contribution in [3.8, 4) is 11.8 Å². The molecule has 0 saturated carbocycles. The molecule has 0 N–H and O–H groups in total. The highest BCUT2D eigenvalue weighted by atomic mass is 16.5. The molecular weight excluding hydrogens is 224 g/mol. The lowest BCUT2D eigenvalue weighted by molar-refractivity contribution is 0.0502. The molecule has 0 aliphatic heterocycles. The van der Waals surface area contributed by atoms with Crippen LogP contribution < -0.4 is 0 Å². The quantitative estimate of drug-likeness (QED) is 0.448. The van der Waals surface area contributed by atoms with Crippen molar-refractivity contribution in [2.75, 3.05) is 6.61 Å². The zero-order chi connectivity index (χ0) is 13.1. The van der Waals surface area contributed by atoms with Crippen LogP contribution in [0.4, 0.5) is 0 Å². The summed E-state index contributed by atoms with van der Waals surface area (Å²) >= 11 is 0. The number of unbranched alkanes of at least 4 members (excludes halogenated alkanes) is 1. The van der Waals surface area contributed by atoms with Crippen molar-refractivity contribution in [1.29, 1.82) is 0 Å². The van der Waals surface area contributed by atoms with Gasteiger partial charge in [-0.25, -0.2) is 4.79 Å². The predicted molar refractivity (Wildman–Crippen MR) is 73.2 cm³/mol. The lowest BCUT2D eigenvalue weighted by Crippen LogP contribution is -2.05. The molecule has 94 valence electrons. The normalized spacial score (nSPS) is 9.83. The van der Waals surface area contributed by atoms with E-state index in [1.807, 2.05) is 30.4 Å². The molecule has 0 bridgehead atoms. The largest absolute Gasteiger partial charge is 0.462 e. The number of benzene rings is 1. The zero-order valence-corrected chi connectivity index (χ0v) is 10.7. The number of esters is 1. The number of carbonyl (C=O) groups excluding carboxylic acids is 1. The van der Waals surface area contributed by atoms with Crippen LogP contribution >= 0.6 is 0 Å². The van der Waals surface area contributed by atoms with E-state index >= 15 is 0 Å². The Labute approximate surface area is 109 Å². The summed E-state index contributed by atoms with van der Waals surface area (Å²) in [5.41, 5.74) is 0.592. The van der Waals surface area contributed by atoms with Gasteiger partial charge in [0.25, 0.3) is 0 Å². The Morgan fingerprint density at radius 1 is 1.33 bits per heavy atom. The summed E-state index contributed by atoms with van der Waals surface area (Å²) in [6.07, 6.45) is 6.39. The third-order valence-corrected chi connectivity index (χ3v) is 2.23. The summed E-state index contributed by atoms with van der Waals surface area (Å²) in [5, 5.41) is 0. The van der Waals surface area contributed by atoms with E-state index in [0.29, 0.717) is 12.2 Å². The number of hydrogen-bond donors (Lipinski definition) is 0. The van der Waals surface area contributed by atoms with E-state index in [9.17, 15) is 4.79 Å². The van der Waals surface area contributed by atoms with Crippen LogP contribution in [0.25, 0.3) is 0 Å². The first-order valence-electron chi connectivity index (χ1n) is 6.20. The van der Waals surface area contributed by atoms with Gasteiger partial charge in [0.05, 0.1) is 12.2 Å². The minimum atomic E-state index is -0.269. The minimum Gasteiger partial charge on any atom is -0.462 e. The predicted octanol–water partition coefficient (Wildman–Crippen LogP) is 3.59. The van der Waals surface area contributed by atoms with Crippen LogP contribution in [0.15, 0.2) is 42.5 Å². The SMILES string of the molecule is CC/C=C\C#CCCCOC(=O)c1ccccc1. The second kappa shape index (κ2) is 9.07. The smallest absolute Gasteiger partial charge is 0.338 e. The van der Waals surface area contributed by atoms with Gasteiger partial charge in [-0.15, -0.1) is 0 Å². The van der Waals surface area contributed by atoms with Crippen LogP contribution in [0.5, 0.6) is 0 Å². The van der Waals surface area contributed by atoms with Crippen LogP contribution in [-0.2, 0) is 4.74 Å². The van der Waals surface area contributed by atoms with Crippen LogP contribution in [0.3, 0.4) is 0 Å². The van der Waals surface area contributed by atoms with E-state index in [-0.39, 0.29) is 5.97 Å². The molecule has 0 spiro atoms. The Morgan fingerprint density at radius 2 is 2.11 bits per heavy atom. The first kappa shape index (κ1) is 14.1. The van der Waals surface area contributed by atoms with Gasteiger partial charge in [0.2, 0.25) is 0 Å². The lowest BCUT2D eigenvalue weighted by atomic mass is 10.2. The van der Waals surface area contributed by atoms with Gasteiger partial charge < -0.3 is 4.74 Å². The van der Waals surface area contributed by atoms with Gasteiger partial charge in [-0.3, -0.25) is 0 Å². The fourth-order valence-corrected chi connectivity index (χ4v) is 1.29. The second-order valence-electron chi connectivity index (χ2n) is 3.74. The Kier molecular flexibility index (Phi) is 7.08. The average molecular weight is 242 g/mol. The summed E-state index contributed by atoms with van der Waals surface area (Å²) < 4.78 is 5.13. The molecule has 2 nitrogen and oxygen atoms in total. The van der Waals surface area contributed by atoms with Crippen molar-refractivity contribution in [2.45, 2.75) is 26.2 Å². The summed E-state index contributed by atoms with van der Waals surface area (Å²) in [6, 6.07) is 9.01. The topological polar surface area (TPSA) is 26.3 Å². The van der Waals surface area contributed by atoms with E-state index < -0.39 is 0 Å². The van der Waals surface area contributed by atoms with Gasteiger partial charge in [0.15, 0.2) is 0 Å². The summed E-state index contributed by atoms with van der Waals surface area (Å²) in [7, 11) is 0. The Bertz CT molecular complexity index is 435. The van der Waals surface area contributed by atoms with Gasteiger partial charge >= 0.3 is 5.97 Å². The highest BCUT2D eigenvalue weighted by Gasteiger charge is 2.04. The molecule has 0 atom stereocenters. The van der Waals surface area contributed by atoms with Gasteiger partial charge in [0, 0.05) is 6.42 Å². The maximum atomic E-state index is 11.5. The summed E-state index contributed by atoms with van der Waals surface area (Å²) in [5.74, 6) is 5.67. The van der Waals surface area contributed by atoms with Crippen LogP contribution in [-0.4, -0.2) is 12.6 Å². The minimum absolute atomic E-state index is 0.269. The molecular formula is C16H18O2. The van der Waals surface area contributed by atoms with Crippen molar-refractivity contribution in [1.82, 2.24) is 0 Å². The molecule has 1 rings (SSSR count). The number of ether oxygens (including phenoxy) is 1. The fraction of sp³-hybridized carbons (Fsp3) is 0.312. The first-order chi connectivity index (χ1) is 8.84. The summed E-state index contributed by atoms with van der Waals surface area (Å²) in [6.45, 7) is 2.49. The number of hydrogen-bond acceptors (Lipinski definition) is 2. The molecule has 0 saturated heterocycles. The van der Waals surface area contributed by atoms with E-state index in [0.717, 1.165) is 19.3 Å². The van der Waals surface area contributed by atoms with Crippen molar-refractivity contribution >= 4 is 5.97 Å². The molecule has 0 radical (unpaired) electrons. The van der Waals surface area contributed by atoms with Gasteiger partial charge in [0.1, 0.15) is 0 Å². The molecule has 0 unspecified atom stereocenters. The molecule has 0 amide bonds. The highest BCUT2D eigenvalue weighted by Crippen LogP contribution is 2.01. The highest BCUT2D eigenvalue weighted by molar-refractivity contribution is 5.89. The molecule has 1 aromatic rings. The van der Waals surface area contributed by atoms with E-state index in [2.05, 4.69) is 18.8 Å². The standard InChI is InChI=1S/C16H18O2/c1-2-3-4-5-6-7-11-14-18-16(17)15-12-9-8-10-13-15/h3-4,8-10,12-13H,2,7,11,14H2,1H3/b4-3-. The molecule has 0 aliphatic rings. The van der Waals surface area contributed by atoms with Crippen molar-refractivity contribution in [2.24, 2.45) is 0 Å². The molecule has 18 heavy (non-hydrogen) atoms. The second-order valence-corrected chi connectivity index (χ2v) is 3.74. The molecule has 0 aromatic heterocycles. The van der Waals surface area contributed by atoms with Crippen molar-refractivity contribution in [3.63, 3.8) is 0 Å². The Balaban J connectivity index is 2.16. The molecule has 1 aromatic carbocycles. The Hall–Kier alpha value is -2.01. The molecule has 2 heteroatoms. The monoisotopic (exact) mass is 242 g/mol. The van der Waals surface area contributed by atoms with Crippen molar-refractivity contribution in [3.05, 3.63) is 48.0 Å². The third kappa shape index (κ3) is 5.91. The van der Waals surface area contributed by atoms with Crippen LogP contribution in [0, 0.1) is 11.8 Å². The third-order valence-electron chi connectivity index (χ3n) is 2.23. The van der Waals surface area contributed by atoms with Gasteiger partial charge in [-0.1, -0.05) is 43.0 Å². The van der Waals surface area contributed by atoms with E-state index in [4.69, 9.17) is 4.74 Å². The fourth-order valence-electron chi connectivity index (χ4n) is 1.29. The number of rotatable bonds is 5. The van der Waals surface area contributed by atoms with E-state index in [1.54, 1.807) is 12.1 Å². The van der Waals surface area contributed by atoms with Gasteiger partial charge in [-0.05, 0) is 31.1 Å². The maximum Gasteiger partial charge on any atom is 0.338 e. The molecule has 0 heterocycles. The van der Waals surface area contributed by atoms with Gasteiger partial charge in [-0.2, -0.15) is 0 Å². The molecule has 0 fully saturated rings. The average Bonchev–Trinajstić information content (AvgIpc) is 2.42. The first-order valence-corrected chi connectivity index (χ1v) is 6.20. The van der Waals surface area contributed by atoms with Crippen molar-refractivity contribution < 1.29 is 9.53 Å².